The number of benzene rings is 1. The van der Waals surface area contributed by atoms with Crippen LogP contribution < -0.4 is 10.4 Å². The van der Waals surface area contributed by atoms with Gasteiger partial charge in [0.1, 0.15) is 0 Å². The number of hydrogen-bond acceptors (Lipinski definition) is 7. The van der Waals surface area contributed by atoms with Gasteiger partial charge < -0.3 is 13.9 Å². The summed E-state index contributed by atoms with van der Waals surface area (Å²) >= 11 is 0. The first kappa shape index (κ1) is 28.9. The Hall–Kier alpha value is -3.66. The number of hydrogen-bond donors (Lipinski definition) is 0. The van der Waals surface area contributed by atoms with Gasteiger partial charge in [-0.1, -0.05) is 77.3 Å². The lowest BCUT2D eigenvalue weighted by molar-refractivity contribution is -0.147. The SMILES string of the molecule is CC(C)C(=O)OCCCCCCCCCCCCOc1ccc2cc(-c3cccc(C#N)c3)c(=O)oc2n1. The van der Waals surface area contributed by atoms with E-state index in [0.717, 1.165) is 25.7 Å². The fraction of sp³-hybridized carbons (Fsp3) is 0.484. The molecule has 0 saturated heterocycles. The van der Waals surface area contributed by atoms with Crippen molar-refractivity contribution in [2.24, 2.45) is 5.92 Å². The highest BCUT2D eigenvalue weighted by molar-refractivity contribution is 5.79. The van der Waals surface area contributed by atoms with Crippen LogP contribution in [0.25, 0.3) is 22.2 Å². The average molecular weight is 519 g/mol. The first-order valence-corrected chi connectivity index (χ1v) is 13.7. The lowest BCUT2D eigenvalue weighted by Gasteiger charge is -2.07. The molecule has 0 atom stereocenters. The number of carbonyl (C=O) groups is 1. The van der Waals surface area contributed by atoms with E-state index in [4.69, 9.17) is 19.2 Å². The summed E-state index contributed by atoms with van der Waals surface area (Å²) in [5.41, 5.74) is 1.27. The molecule has 1 aromatic carbocycles. The highest BCUT2D eigenvalue weighted by Crippen LogP contribution is 2.23. The van der Waals surface area contributed by atoms with E-state index in [-0.39, 0.29) is 17.6 Å². The summed E-state index contributed by atoms with van der Waals surface area (Å²) in [6, 6.07) is 14.3. The van der Waals surface area contributed by atoms with Crippen LogP contribution >= 0.6 is 0 Å². The van der Waals surface area contributed by atoms with Crippen LogP contribution in [-0.2, 0) is 9.53 Å². The minimum Gasteiger partial charge on any atom is -0.478 e. The molecule has 7 nitrogen and oxygen atoms in total. The summed E-state index contributed by atoms with van der Waals surface area (Å²) in [4.78, 5) is 28.3. The molecule has 38 heavy (non-hydrogen) atoms. The molecule has 3 rings (SSSR count). The number of esters is 1. The fourth-order valence-corrected chi connectivity index (χ4v) is 4.16. The van der Waals surface area contributed by atoms with Crippen molar-refractivity contribution in [1.82, 2.24) is 4.98 Å². The van der Waals surface area contributed by atoms with Gasteiger partial charge in [0.2, 0.25) is 11.6 Å². The number of pyridine rings is 1. The van der Waals surface area contributed by atoms with Crippen LogP contribution in [0, 0.1) is 17.2 Å². The van der Waals surface area contributed by atoms with Gasteiger partial charge in [0, 0.05) is 11.5 Å². The summed E-state index contributed by atoms with van der Waals surface area (Å²) in [6.45, 7) is 4.83. The maximum atomic E-state index is 12.5. The summed E-state index contributed by atoms with van der Waals surface area (Å²) in [5, 5.41) is 9.81. The quantitative estimate of drug-likeness (QED) is 0.146. The molecule has 0 aliphatic heterocycles. The number of fused-ring (bicyclic) bond motifs is 1. The van der Waals surface area contributed by atoms with Gasteiger partial charge >= 0.3 is 11.6 Å². The molecule has 0 fully saturated rings. The predicted molar refractivity (Wildman–Crippen MR) is 148 cm³/mol. The van der Waals surface area contributed by atoms with Gasteiger partial charge in [-0.3, -0.25) is 4.79 Å². The molecule has 0 unspecified atom stereocenters. The monoisotopic (exact) mass is 518 g/mol. The lowest BCUT2D eigenvalue weighted by atomic mass is 10.0. The van der Waals surface area contributed by atoms with Gasteiger partial charge in [0.25, 0.3) is 0 Å². The van der Waals surface area contributed by atoms with Crippen molar-refractivity contribution in [3.63, 3.8) is 0 Å². The van der Waals surface area contributed by atoms with Crippen LogP contribution in [0.2, 0.25) is 0 Å². The molecule has 2 heterocycles. The zero-order chi connectivity index (χ0) is 27.2. The molecular formula is C31H38N2O5. The number of unbranched alkanes of at least 4 members (excludes halogenated alkanes) is 9. The van der Waals surface area contributed by atoms with E-state index < -0.39 is 5.63 Å². The number of nitriles is 1. The molecule has 2 aromatic heterocycles. The minimum absolute atomic E-state index is 0.0444. The zero-order valence-corrected chi connectivity index (χ0v) is 22.5. The molecule has 202 valence electrons. The molecule has 0 radical (unpaired) electrons. The maximum absolute atomic E-state index is 12.5. The number of carbonyl (C=O) groups excluding carboxylic acids is 1. The number of rotatable bonds is 16. The van der Waals surface area contributed by atoms with Crippen molar-refractivity contribution in [2.75, 3.05) is 13.2 Å². The zero-order valence-electron chi connectivity index (χ0n) is 22.5. The second-order valence-electron chi connectivity index (χ2n) is 9.89. The second kappa shape index (κ2) is 15.6. The molecule has 0 aliphatic carbocycles. The molecule has 0 amide bonds. The Morgan fingerprint density at radius 2 is 1.58 bits per heavy atom. The van der Waals surface area contributed by atoms with E-state index in [1.807, 2.05) is 19.9 Å². The maximum Gasteiger partial charge on any atom is 0.345 e. The highest BCUT2D eigenvalue weighted by Gasteiger charge is 2.11. The van der Waals surface area contributed by atoms with Gasteiger partial charge in [-0.2, -0.15) is 10.2 Å². The van der Waals surface area contributed by atoms with E-state index in [0.29, 0.717) is 41.2 Å². The Labute approximate surface area is 224 Å². The van der Waals surface area contributed by atoms with E-state index in [1.54, 1.807) is 36.4 Å². The molecule has 0 N–H and O–H groups in total. The molecule has 7 heteroatoms. The largest absolute Gasteiger partial charge is 0.478 e. The normalized spacial score (nSPS) is 11.0. The predicted octanol–water partition coefficient (Wildman–Crippen LogP) is 7.21. The molecule has 3 aromatic rings. The standard InChI is InChI=1S/C31H38N2O5/c1-23(2)30(34)37-19-12-10-8-6-4-3-5-7-9-11-18-36-28-17-16-26-21-27(31(35)38-29(26)33-28)25-15-13-14-24(20-25)22-32/h13-17,20-21,23H,3-12,18-19H2,1-2H3. The summed E-state index contributed by atoms with van der Waals surface area (Å²) < 4.78 is 16.4. The third kappa shape index (κ3) is 9.33. The third-order valence-electron chi connectivity index (χ3n) is 6.38. The Morgan fingerprint density at radius 3 is 2.24 bits per heavy atom. The van der Waals surface area contributed by atoms with E-state index in [9.17, 15) is 9.59 Å². The van der Waals surface area contributed by atoms with Crippen LogP contribution in [0.15, 0.2) is 51.7 Å². The van der Waals surface area contributed by atoms with Crippen molar-refractivity contribution in [3.05, 3.63) is 58.4 Å². The van der Waals surface area contributed by atoms with Gasteiger partial charge in [-0.25, -0.2) is 4.79 Å². The van der Waals surface area contributed by atoms with Crippen molar-refractivity contribution in [3.8, 4) is 23.1 Å². The van der Waals surface area contributed by atoms with Gasteiger partial charge in [-0.15, -0.1) is 0 Å². The third-order valence-corrected chi connectivity index (χ3v) is 6.38. The van der Waals surface area contributed by atoms with Crippen LogP contribution in [0.1, 0.15) is 83.6 Å². The van der Waals surface area contributed by atoms with E-state index in [2.05, 4.69) is 11.1 Å². The molecule has 0 aliphatic rings. The Kier molecular flexibility index (Phi) is 11.8. The van der Waals surface area contributed by atoms with Gasteiger partial charge in [0.15, 0.2) is 0 Å². The van der Waals surface area contributed by atoms with E-state index >= 15 is 0 Å². The number of aromatic nitrogens is 1. The molecule has 0 spiro atoms. The Bertz CT molecular complexity index is 1280. The van der Waals surface area contributed by atoms with Crippen molar-refractivity contribution >= 4 is 17.1 Å². The van der Waals surface area contributed by atoms with Crippen LogP contribution in [-0.4, -0.2) is 24.2 Å². The van der Waals surface area contributed by atoms with Crippen LogP contribution in [0.4, 0.5) is 0 Å². The number of nitrogens with zero attached hydrogens (tertiary/aromatic N) is 2. The van der Waals surface area contributed by atoms with Crippen molar-refractivity contribution < 1.29 is 18.7 Å². The summed E-state index contributed by atoms with van der Waals surface area (Å²) in [5.74, 6) is 0.294. The summed E-state index contributed by atoms with van der Waals surface area (Å²) in [7, 11) is 0. The Balaban J connectivity index is 1.28. The fourth-order valence-electron chi connectivity index (χ4n) is 4.16. The molecule has 0 saturated carbocycles. The molecule has 0 bridgehead atoms. The minimum atomic E-state index is -0.496. The van der Waals surface area contributed by atoms with Crippen molar-refractivity contribution in [1.29, 1.82) is 5.26 Å². The average Bonchev–Trinajstić information content (AvgIpc) is 2.92. The molecular weight excluding hydrogens is 480 g/mol. The smallest absolute Gasteiger partial charge is 0.345 e. The van der Waals surface area contributed by atoms with Crippen molar-refractivity contribution in [2.45, 2.75) is 78.1 Å². The van der Waals surface area contributed by atoms with Gasteiger partial charge in [0.05, 0.1) is 36.3 Å². The van der Waals surface area contributed by atoms with E-state index in [1.165, 1.54) is 38.5 Å². The lowest BCUT2D eigenvalue weighted by Crippen LogP contribution is -2.12. The van der Waals surface area contributed by atoms with Gasteiger partial charge in [-0.05, 0) is 42.7 Å². The topological polar surface area (TPSA) is 102 Å². The second-order valence-corrected chi connectivity index (χ2v) is 9.89. The van der Waals surface area contributed by atoms with Crippen LogP contribution in [0.5, 0.6) is 5.88 Å². The first-order valence-electron chi connectivity index (χ1n) is 13.7. The van der Waals surface area contributed by atoms with Crippen LogP contribution in [0.3, 0.4) is 0 Å². The Morgan fingerprint density at radius 1 is 0.921 bits per heavy atom. The highest BCUT2D eigenvalue weighted by atomic mass is 16.5. The first-order chi connectivity index (χ1) is 18.5. The summed E-state index contributed by atoms with van der Waals surface area (Å²) in [6.07, 6.45) is 11.5. The number of ether oxygens (including phenoxy) is 2.